The summed E-state index contributed by atoms with van der Waals surface area (Å²) in [5.41, 5.74) is 2.03. The van der Waals surface area contributed by atoms with Gasteiger partial charge in [-0.15, -0.1) is 0 Å². The first-order valence-electron chi connectivity index (χ1n) is 7.62. The molecule has 0 spiro atoms. The van der Waals surface area contributed by atoms with Crippen LogP contribution in [0.3, 0.4) is 0 Å². The Morgan fingerprint density at radius 3 is 2.33 bits per heavy atom. The van der Waals surface area contributed by atoms with E-state index in [0.717, 1.165) is 18.5 Å². The predicted molar refractivity (Wildman–Crippen MR) is 86.3 cm³/mol. The van der Waals surface area contributed by atoms with E-state index in [1.54, 1.807) is 4.31 Å². The lowest BCUT2D eigenvalue weighted by molar-refractivity contribution is 0.212. The molecule has 2 unspecified atom stereocenters. The van der Waals surface area contributed by atoms with Gasteiger partial charge in [-0.2, -0.15) is 0 Å². The van der Waals surface area contributed by atoms with Gasteiger partial charge < -0.3 is 5.32 Å². The van der Waals surface area contributed by atoms with Crippen LogP contribution in [-0.4, -0.2) is 32.9 Å². The van der Waals surface area contributed by atoms with Crippen LogP contribution < -0.4 is 5.32 Å². The summed E-state index contributed by atoms with van der Waals surface area (Å²) < 4.78 is 26.7. The highest BCUT2D eigenvalue weighted by molar-refractivity contribution is 7.88. The van der Waals surface area contributed by atoms with E-state index in [0.29, 0.717) is 24.9 Å². The van der Waals surface area contributed by atoms with Crippen molar-refractivity contribution >= 4 is 10.0 Å². The molecule has 0 amide bonds. The van der Waals surface area contributed by atoms with Gasteiger partial charge in [0.05, 0.1) is 5.75 Å². The van der Waals surface area contributed by atoms with Crippen molar-refractivity contribution in [2.24, 2.45) is 11.8 Å². The molecule has 1 aliphatic heterocycles. The topological polar surface area (TPSA) is 49.4 Å². The largest absolute Gasteiger partial charge is 0.316 e. The number of hydrogen-bond acceptors (Lipinski definition) is 3. The lowest BCUT2D eigenvalue weighted by Crippen LogP contribution is -2.42. The zero-order chi connectivity index (χ0) is 15.5. The zero-order valence-corrected chi connectivity index (χ0v) is 14.0. The Hall–Kier alpha value is -0.910. The normalized spacial score (nSPS) is 24.1. The fourth-order valence-corrected chi connectivity index (χ4v) is 4.38. The summed E-state index contributed by atoms with van der Waals surface area (Å²) in [7, 11) is -1.30. The van der Waals surface area contributed by atoms with Gasteiger partial charge in [-0.25, -0.2) is 12.7 Å². The monoisotopic (exact) mass is 310 g/mol. The van der Waals surface area contributed by atoms with Crippen molar-refractivity contribution in [1.29, 1.82) is 0 Å². The quantitative estimate of drug-likeness (QED) is 0.907. The Bertz CT molecular complexity index is 554. The van der Waals surface area contributed by atoms with Gasteiger partial charge in [0, 0.05) is 19.6 Å². The molecule has 21 heavy (non-hydrogen) atoms. The average Bonchev–Trinajstić information content (AvgIpc) is 2.44. The number of sulfonamides is 1. The van der Waals surface area contributed by atoms with E-state index >= 15 is 0 Å². The molecule has 0 saturated carbocycles. The fraction of sp³-hybridized carbons (Fsp3) is 0.625. The Balaban J connectivity index is 2.03. The van der Waals surface area contributed by atoms with Crippen LogP contribution in [0.5, 0.6) is 0 Å². The average molecular weight is 310 g/mol. The molecule has 4 nitrogen and oxygen atoms in total. The molecule has 1 heterocycles. The van der Waals surface area contributed by atoms with Crippen molar-refractivity contribution in [3.8, 4) is 0 Å². The first-order chi connectivity index (χ1) is 9.92. The molecule has 1 fully saturated rings. The lowest BCUT2D eigenvalue weighted by Gasteiger charge is -2.34. The molecule has 0 radical (unpaired) electrons. The summed E-state index contributed by atoms with van der Waals surface area (Å²) >= 11 is 0. The highest BCUT2D eigenvalue weighted by Crippen LogP contribution is 2.25. The van der Waals surface area contributed by atoms with Crippen LogP contribution in [-0.2, 0) is 22.3 Å². The molecule has 2 rings (SSSR count). The van der Waals surface area contributed by atoms with E-state index in [1.165, 1.54) is 5.56 Å². The van der Waals surface area contributed by atoms with E-state index in [2.05, 4.69) is 19.2 Å². The molecule has 0 aromatic heterocycles. The summed E-state index contributed by atoms with van der Waals surface area (Å²) in [6, 6.07) is 7.81. The molecule has 1 saturated heterocycles. The maximum absolute atomic E-state index is 12.5. The molecule has 118 valence electrons. The number of benzene rings is 1. The van der Waals surface area contributed by atoms with Gasteiger partial charge in [0.15, 0.2) is 0 Å². The maximum atomic E-state index is 12.5. The second-order valence-corrected chi connectivity index (χ2v) is 8.17. The second kappa shape index (κ2) is 6.90. The van der Waals surface area contributed by atoms with Crippen molar-refractivity contribution in [2.45, 2.75) is 32.6 Å². The van der Waals surface area contributed by atoms with E-state index in [9.17, 15) is 8.42 Å². The van der Waals surface area contributed by atoms with Crippen LogP contribution in [0.1, 0.15) is 31.4 Å². The third-order valence-electron chi connectivity index (χ3n) is 4.44. The molecule has 5 heteroatoms. The first-order valence-corrected chi connectivity index (χ1v) is 9.23. The molecular formula is C16H26N2O2S. The van der Waals surface area contributed by atoms with E-state index in [1.807, 2.05) is 31.3 Å². The Labute approximate surface area is 128 Å². The molecule has 1 aliphatic rings. The minimum absolute atomic E-state index is 0.105. The molecular weight excluding hydrogens is 284 g/mol. The molecule has 1 aromatic carbocycles. The van der Waals surface area contributed by atoms with E-state index < -0.39 is 10.0 Å². The minimum Gasteiger partial charge on any atom is -0.316 e. The first kappa shape index (κ1) is 16.5. The summed E-state index contributed by atoms with van der Waals surface area (Å²) in [4.78, 5) is 0. The number of nitrogens with one attached hydrogen (secondary N) is 1. The standard InChI is InChI=1S/C16H26N2O2S/c1-13-8-9-18(11-14(13)2)21(19,20)12-16-6-4-15(5-7-16)10-17-3/h4-7,13-14,17H,8-12H2,1-3H3. The third kappa shape index (κ3) is 4.28. The van der Waals surface area contributed by atoms with Crippen molar-refractivity contribution in [3.63, 3.8) is 0 Å². The summed E-state index contributed by atoms with van der Waals surface area (Å²) in [5, 5.41) is 3.09. The zero-order valence-electron chi connectivity index (χ0n) is 13.2. The molecule has 2 atom stereocenters. The fourth-order valence-electron chi connectivity index (χ4n) is 2.74. The second-order valence-electron chi connectivity index (χ2n) is 6.20. The molecule has 0 aliphatic carbocycles. The van der Waals surface area contributed by atoms with E-state index in [4.69, 9.17) is 0 Å². The number of piperidine rings is 1. The van der Waals surface area contributed by atoms with Crippen LogP contribution in [0.15, 0.2) is 24.3 Å². The van der Waals surface area contributed by atoms with Crippen LogP contribution in [0.2, 0.25) is 0 Å². The SMILES string of the molecule is CNCc1ccc(CS(=O)(=O)N2CCC(C)C(C)C2)cc1. The number of hydrogen-bond donors (Lipinski definition) is 1. The Morgan fingerprint density at radius 1 is 1.14 bits per heavy atom. The highest BCUT2D eigenvalue weighted by atomic mass is 32.2. The van der Waals surface area contributed by atoms with Crippen molar-refractivity contribution in [3.05, 3.63) is 35.4 Å². The minimum atomic E-state index is -3.20. The van der Waals surface area contributed by atoms with Crippen LogP contribution >= 0.6 is 0 Å². The summed E-state index contributed by atoms with van der Waals surface area (Å²) in [6.45, 7) is 6.45. The van der Waals surface area contributed by atoms with Gasteiger partial charge >= 0.3 is 0 Å². The summed E-state index contributed by atoms with van der Waals surface area (Å²) in [5.74, 6) is 1.15. The smallest absolute Gasteiger partial charge is 0.218 e. The van der Waals surface area contributed by atoms with Crippen molar-refractivity contribution in [2.75, 3.05) is 20.1 Å². The van der Waals surface area contributed by atoms with Gasteiger partial charge in [0.25, 0.3) is 0 Å². The van der Waals surface area contributed by atoms with Gasteiger partial charge in [0.2, 0.25) is 10.0 Å². The Morgan fingerprint density at radius 2 is 1.76 bits per heavy atom. The number of nitrogens with zero attached hydrogens (tertiary/aromatic N) is 1. The van der Waals surface area contributed by atoms with Crippen LogP contribution in [0.25, 0.3) is 0 Å². The molecule has 0 bridgehead atoms. The van der Waals surface area contributed by atoms with E-state index in [-0.39, 0.29) is 5.75 Å². The van der Waals surface area contributed by atoms with Crippen LogP contribution in [0, 0.1) is 11.8 Å². The van der Waals surface area contributed by atoms with Crippen molar-refractivity contribution < 1.29 is 8.42 Å². The maximum Gasteiger partial charge on any atom is 0.218 e. The third-order valence-corrected chi connectivity index (χ3v) is 6.26. The molecule has 1 aromatic rings. The predicted octanol–water partition coefficient (Wildman–Crippen LogP) is 2.21. The highest BCUT2D eigenvalue weighted by Gasteiger charge is 2.30. The summed E-state index contributed by atoms with van der Waals surface area (Å²) in [6.07, 6.45) is 0.960. The molecule has 1 N–H and O–H groups in total. The van der Waals surface area contributed by atoms with Crippen LogP contribution in [0.4, 0.5) is 0 Å². The van der Waals surface area contributed by atoms with Gasteiger partial charge in [-0.3, -0.25) is 0 Å². The van der Waals surface area contributed by atoms with Gasteiger partial charge in [-0.1, -0.05) is 38.1 Å². The Kier molecular flexibility index (Phi) is 5.41. The number of rotatable bonds is 5. The van der Waals surface area contributed by atoms with Gasteiger partial charge in [0.1, 0.15) is 0 Å². The van der Waals surface area contributed by atoms with Gasteiger partial charge in [-0.05, 0) is 36.4 Å². The lowest BCUT2D eigenvalue weighted by atomic mass is 9.90. The van der Waals surface area contributed by atoms with Crippen molar-refractivity contribution in [1.82, 2.24) is 9.62 Å².